The number of carbonyl (C=O) groups excluding carboxylic acids is 1. The zero-order chi connectivity index (χ0) is 10.7. The maximum Gasteiger partial charge on any atom is 0.148 e. The topological polar surface area (TPSA) is 17.1 Å². The summed E-state index contributed by atoms with van der Waals surface area (Å²) < 4.78 is 0. The predicted molar refractivity (Wildman–Crippen MR) is 60.4 cm³/mol. The van der Waals surface area contributed by atoms with E-state index in [4.69, 9.17) is 6.42 Å². The zero-order valence-electron chi connectivity index (χ0n) is 8.70. The maximum absolute atomic E-state index is 11.7. The lowest BCUT2D eigenvalue weighted by Gasteiger charge is -2.22. The predicted octanol–water partition coefficient (Wildman–Crippen LogP) is 2.38. The number of hydrogen-bond acceptors (Lipinski definition) is 1. The molecule has 0 fully saturated rings. The summed E-state index contributed by atoms with van der Waals surface area (Å²) in [6.45, 7) is 0. The Labute approximate surface area is 90.5 Å². The number of Topliss-reactive ketones (excluding diaryl/α,β-unsaturated/α-hetero) is 1. The van der Waals surface area contributed by atoms with Gasteiger partial charge in [-0.2, -0.15) is 0 Å². The van der Waals surface area contributed by atoms with Crippen molar-refractivity contribution in [2.24, 2.45) is 5.92 Å². The van der Waals surface area contributed by atoms with Gasteiger partial charge in [0.1, 0.15) is 5.78 Å². The number of benzene rings is 1. The Morgan fingerprint density at radius 3 is 2.87 bits per heavy atom. The lowest BCUT2D eigenvalue weighted by Crippen LogP contribution is -2.22. The van der Waals surface area contributed by atoms with Gasteiger partial charge in [-0.3, -0.25) is 4.79 Å². The molecule has 0 spiro atoms. The van der Waals surface area contributed by atoms with Gasteiger partial charge in [0.25, 0.3) is 0 Å². The second kappa shape index (κ2) is 4.31. The van der Waals surface area contributed by atoms with Crippen LogP contribution in [0.25, 0.3) is 0 Å². The molecule has 0 saturated carbocycles. The van der Waals surface area contributed by atoms with Gasteiger partial charge in [-0.1, -0.05) is 30.2 Å². The van der Waals surface area contributed by atoms with E-state index in [9.17, 15) is 4.79 Å². The first-order chi connectivity index (χ1) is 7.31. The van der Waals surface area contributed by atoms with Gasteiger partial charge in [0.15, 0.2) is 0 Å². The van der Waals surface area contributed by atoms with Crippen molar-refractivity contribution in [2.45, 2.75) is 25.7 Å². The zero-order valence-corrected chi connectivity index (χ0v) is 8.70. The molecule has 0 radical (unpaired) electrons. The van der Waals surface area contributed by atoms with Crippen LogP contribution in [-0.4, -0.2) is 5.78 Å². The van der Waals surface area contributed by atoms with E-state index >= 15 is 0 Å². The fourth-order valence-corrected chi connectivity index (χ4v) is 2.22. The van der Waals surface area contributed by atoms with Crippen molar-refractivity contribution in [3.05, 3.63) is 35.4 Å². The quantitative estimate of drug-likeness (QED) is 0.667. The van der Waals surface area contributed by atoms with Crippen LogP contribution in [0.3, 0.4) is 0 Å². The molecule has 2 rings (SSSR count). The van der Waals surface area contributed by atoms with Crippen LogP contribution < -0.4 is 0 Å². The minimum atomic E-state index is 0.149. The summed E-state index contributed by atoms with van der Waals surface area (Å²) in [6, 6.07) is 8.36. The van der Waals surface area contributed by atoms with Gasteiger partial charge in [0.05, 0.1) is 6.42 Å². The van der Waals surface area contributed by atoms with Crippen molar-refractivity contribution in [3.8, 4) is 12.3 Å². The number of rotatable bonds is 2. The van der Waals surface area contributed by atoms with Crippen LogP contribution >= 0.6 is 0 Å². The van der Waals surface area contributed by atoms with Crippen molar-refractivity contribution < 1.29 is 4.79 Å². The highest BCUT2D eigenvalue weighted by Crippen LogP contribution is 2.26. The normalized spacial score (nSPS) is 19.0. The number of ketones is 1. The second-order valence-corrected chi connectivity index (χ2v) is 4.06. The van der Waals surface area contributed by atoms with E-state index in [0.717, 1.165) is 19.3 Å². The van der Waals surface area contributed by atoms with Crippen molar-refractivity contribution in [3.63, 3.8) is 0 Å². The Morgan fingerprint density at radius 1 is 1.40 bits per heavy atom. The van der Waals surface area contributed by atoms with Gasteiger partial charge in [0.2, 0.25) is 0 Å². The van der Waals surface area contributed by atoms with Crippen LogP contribution in [0, 0.1) is 18.3 Å². The number of hydrogen-bond donors (Lipinski definition) is 0. The second-order valence-electron chi connectivity index (χ2n) is 4.06. The summed E-state index contributed by atoms with van der Waals surface area (Å²) in [7, 11) is 0. The summed E-state index contributed by atoms with van der Waals surface area (Å²) in [5, 5.41) is 0. The number of aryl methyl sites for hydroxylation is 1. The summed E-state index contributed by atoms with van der Waals surface area (Å²) in [6.07, 6.45) is 8.28. The van der Waals surface area contributed by atoms with Crippen LogP contribution in [0.5, 0.6) is 0 Å². The molecule has 15 heavy (non-hydrogen) atoms. The molecule has 1 aliphatic carbocycles. The first kappa shape index (κ1) is 9.98. The number of carbonyl (C=O) groups is 1. The third-order valence-corrected chi connectivity index (χ3v) is 3.08. The minimum Gasteiger partial charge on any atom is -0.298 e. The Kier molecular flexibility index (Phi) is 2.87. The average Bonchev–Trinajstić information content (AvgIpc) is 2.29. The summed E-state index contributed by atoms with van der Waals surface area (Å²) >= 11 is 0. The smallest absolute Gasteiger partial charge is 0.148 e. The van der Waals surface area contributed by atoms with E-state index < -0.39 is 0 Å². The Balaban J connectivity index is 2.12. The van der Waals surface area contributed by atoms with Gasteiger partial charge in [-0.25, -0.2) is 0 Å². The molecule has 76 valence electrons. The monoisotopic (exact) mass is 198 g/mol. The molecule has 1 aromatic carbocycles. The first-order valence-corrected chi connectivity index (χ1v) is 5.34. The molecule has 0 saturated heterocycles. The van der Waals surface area contributed by atoms with E-state index in [0.29, 0.717) is 0 Å². The number of fused-ring (bicyclic) bond motifs is 1. The molecule has 0 aliphatic heterocycles. The van der Waals surface area contributed by atoms with Crippen LogP contribution in [0.4, 0.5) is 0 Å². The van der Waals surface area contributed by atoms with Crippen LogP contribution in [-0.2, 0) is 17.6 Å². The molecule has 0 bridgehead atoms. The maximum atomic E-state index is 11.7. The van der Waals surface area contributed by atoms with Gasteiger partial charge < -0.3 is 0 Å². The number of terminal acetylenes is 1. The summed E-state index contributed by atoms with van der Waals surface area (Å²) in [5.74, 6) is 2.82. The third-order valence-electron chi connectivity index (χ3n) is 3.08. The molecular formula is C14H14O. The summed E-state index contributed by atoms with van der Waals surface area (Å²) in [4.78, 5) is 11.7. The first-order valence-electron chi connectivity index (χ1n) is 5.34. The standard InChI is InChI=1S/C14H14O/c1-2-5-14(15)13-9-8-11-6-3-4-7-12(11)10-13/h1,3-4,6-7,13H,5,8-10H2. The van der Waals surface area contributed by atoms with Gasteiger partial charge in [0, 0.05) is 5.92 Å². The van der Waals surface area contributed by atoms with Crippen molar-refractivity contribution in [1.82, 2.24) is 0 Å². The van der Waals surface area contributed by atoms with Crippen LogP contribution in [0.2, 0.25) is 0 Å². The lowest BCUT2D eigenvalue weighted by molar-refractivity contribution is -0.122. The van der Waals surface area contributed by atoms with Crippen molar-refractivity contribution >= 4 is 5.78 Å². The molecule has 0 N–H and O–H groups in total. The van der Waals surface area contributed by atoms with E-state index in [2.05, 4.69) is 24.1 Å². The highest BCUT2D eigenvalue weighted by molar-refractivity contribution is 5.83. The Bertz CT molecular complexity index is 412. The molecule has 1 aromatic rings. The van der Waals surface area contributed by atoms with Gasteiger partial charge >= 0.3 is 0 Å². The van der Waals surface area contributed by atoms with Crippen LogP contribution in [0.1, 0.15) is 24.0 Å². The largest absolute Gasteiger partial charge is 0.298 e. The Hall–Kier alpha value is -1.55. The van der Waals surface area contributed by atoms with Crippen molar-refractivity contribution in [1.29, 1.82) is 0 Å². The molecule has 1 heteroatoms. The van der Waals surface area contributed by atoms with E-state index in [1.165, 1.54) is 11.1 Å². The van der Waals surface area contributed by atoms with Crippen LogP contribution in [0.15, 0.2) is 24.3 Å². The van der Waals surface area contributed by atoms with Crippen molar-refractivity contribution in [2.75, 3.05) is 0 Å². The summed E-state index contributed by atoms with van der Waals surface area (Å²) in [5.41, 5.74) is 2.71. The third kappa shape index (κ3) is 2.10. The molecule has 1 nitrogen and oxygen atoms in total. The highest BCUT2D eigenvalue weighted by atomic mass is 16.1. The van der Waals surface area contributed by atoms with E-state index in [1.807, 2.05) is 6.07 Å². The molecule has 1 unspecified atom stereocenters. The average molecular weight is 198 g/mol. The van der Waals surface area contributed by atoms with Gasteiger partial charge in [-0.15, -0.1) is 6.42 Å². The highest BCUT2D eigenvalue weighted by Gasteiger charge is 2.23. The molecule has 0 aromatic heterocycles. The van der Waals surface area contributed by atoms with E-state index in [-0.39, 0.29) is 18.1 Å². The Morgan fingerprint density at radius 2 is 2.13 bits per heavy atom. The lowest BCUT2D eigenvalue weighted by atomic mass is 9.81. The van der Waals surface area contributed by atoms with Gasteiger partial charge in [-0.05, 0) is 30.4 Å². The molecular weight excluding hydrogens is 184 g/mol. The SMILES string of the molecule is C#CCC(=O)C1CCc2ccccc2C1. The fraction of sp³-hybridized carbons (Fsp3) is 0.357. The van der Waals surface area contributed by atoms with E-state index in [1.54, 1.807) is 0 Å². The molecule has 1 atom stereocenters. The molecule has 1 aliphatic rings. The fourth-order valence-electron chi connectivity index (χ4n) is 2.22. The molecule has 0 heterocycles. The molecule has 0 amide bonds. The minimum absolute atomic E-state index is 0.149.